The number of carbonyl (C=O) groups excluding carboxylic acids is 1. The average molecular weight is 318 g/mol. The van der Waals surface area contributed by atoms with Crippen LogP contribution in [0.5, 0.6) is 0 Å². The molecule has 0 aromatic carbocycles. The van der Waals surface area contributed by atoms with E-state index in [0.29, 0.717) is 30.2 Å². The second kappa shape index (κ2) is 6.70. The second-order valence-corrected chi connectivity index (χ2v) is 6.87. The van der Waals surface area contributed by atoms with Gasteiger partial charge < -0.3 is 22.1 Å². The van der Waals surface area contributed by atoms with Crippen molar-refractivity contribution in [1.82, 2.24) is 9.97 Å². The lowest BCUT2D eigenvalue weighted by Gasteiger charge is -2.35. The largest absolute Gasteiger partial charge is 0.370 e. The summed E-state index contributed by atoms with van der Waals surface area (Å²) in [5.74, 6) is 2.04. The predicted octanol–water partition coefficient (Wildman–Crippen LogP) is 0.745. The van der Waals surface area contributed by atoms with E-state index in [9.17, 15) is 4.79 Å². The van der Waals surface area contributed by atoms with Crippen LogP contribution in [-0.2, 0) is 4.79 Å². The van der Waals surface area contributed by atoms with Crippen LogP contribution in [0.1, 0.15) is 50.1 Å². The van der Waals surface area contributed by atoms with Crippen LogP contribution in [0.2, 0.25) is 0 Å². The van der Waals surface area contributed by atoms with Gasteiger partial charge in [0.1, 0.15) is 5.82 Å². The highest BCUT2D eigenvalue weighted by Gasteiger charge is 2.30. The first-order valence-electron chi connectivity index (χ1n) is 8.44. The lowest BCUT2D eigenvalue weighted by atomic mass is 9.78. The molecule has 2 aliphatic rings. The topological polar surface area (TPSA) is 124 Å². The van der Waals surface area contributed by atoms with Gasteiger partial charge >= 0.3 is 0 Å². The summed E-state index contributed by atoms with van der Waals surface area (Å²) < 4.78 is 0. The van der Waals surface area contributed by atoms with Crippen molar-refractivity contribution in [3.63, 3.8) is 0 Å². The van der Waals surface area contributed by atoms with E-state index < -0.39 is 0 Å². The number of aromatic nitrogens is 2. The zero-order chi connectivity index (χ0) is 16.4. The van der Waals surface area contributed by atoms with E-state index in [1.54, 1.807) is 0 Å². The summed E-state index contributed by atoms with van der Waals surface area (Å²) in [5.41, 5.74) is 18.0. The third kappa shape index (κ3) is 3.90. The van der Waals surface area contributed by atoms with Crippen molar-refractivity contribution in [2.75, 3.05) is 23.7 Å². The summed E-state index contributed by atoms with van der Waals surface area (Å²) in [6.45, 7) is 1.87. The smallest absolute Gasteiger partial charge is 0.222 e. The third-order valence-electron chi connectivity index (χ3n) is 5.08. The maximum atomic E-state index is 10.9. The monoisotopic (exact) mass is 318 g/mol. The van der Waals surface area contributed by atoms with Gasteiger partial charge in [-0.05, 0) is 38.0 Å². The molecule has 2 fully saturated rings. The highest BCUT2D eigenvalue weighted by atomic mass is 16.1. The van der Waals surface area contributed by atoms with Gasteiger partial charge in [-0.2, -0.15) is 4.98 Å². The fourth-order valence-electron chi connectivity index (χ4n) is 3.54. The van der Waals surface area contributed by atoms with Gasteiger partial charge in [-0.1, -0.05) is 0 Å². The maximum Gasteiger partial charge on any atom is 0.222 e. The Balaban J connectivity index is 1.60. The molecular formula is C16H26N6O. The third-order valence-corrected chi connectivity index (χ3v) is 5.08. The Bertz CT molecular complexity index is 564. The molecule has 7 nitrogen and oxygen atoms in total. The fraction of sp³-hybridized carbons (Fsp3) is 0.688. The van der Waals surface area contributed by atoms with Crippen LogP contribution in [0.3, 0.4) is 0 Å². The molecule has 126 valence electrons. The lowest BCUT2D eigenvalue weighted by molar-refractivity contribution is -0.118. The molecule has 0 bridgehead atoms. The van der Waals surface area contributed by atoms with Crippen LogP contribution < -0.4 is 22.1 Å². The summed E-state index contributed by atoms with van der Waals surface area (Å²) in [7, 11) is 0. The van der Waals surface area contributed by atoms with Crippen LogP contribution in [0.25, 0.3) is 0 Å². The Kier molecular flexibility index (Phi) is 4.66. The minimum absolute atomic E-state index is 0.209. The Morgan fingerprint density at radius 2 is 1.96 bits per heavy atom. The maximum absolute atomic E-state index is 10.9. The normalized spacial score (nSPS) is 25.2. The summed E-state index contributed by atoms with van der Waals surface area (Å²) in [5, 5.41) is 0. The molecule has 0 unspecified atom stereocenters. The van der Waals surface area contributed by atoms with Gasteiger partial charge in [-0.15, -0.1) is 0 Å². The lowest BCUT2D eigenvalue weighted by Crippen LogP contribution is -2.36. The zero-order valence-electron chi connectivity index (χ0n) is 13.4. The molecule has 0 atom stereocenters. The summed E-state index contributed by atoms with van der Waals surface area (Å²) in [6.07, 6.45) is 5.44. The number of rotatable bonds is 5. The van der Waals surface area contributed by atoms with Gasteiger partial charge in [-0.25, -0.2) is 4.98 Å². The number of amides is 1. The molecule has 1 saturated heterocycles. The second-order valence-electron chi connectivity index (χ2n) is 6.87. The Labute approximate surface area is 136 Å². The molecule has 1 aromatic heterocycles. The van der Waals surface area contributed by atoms with E-state index in [2.05, 4.69) is 20.9 Å². The number of primary amides is 1. The van der Waals surface area contributed by atoms with Crippen molar-refractivity contribution < 1.29 is 4.79 Å². The van der Waals surface area contributed by atoms with Crippen molar-refractivity contribution in [3.05, 3.63) is 11.8 Å². The molecule has 1 aliphatic carbocycles. The van der Waals surface area contributed by atoms with Gasteiger partial charge in [0.25, 0.3) is 0 Å². The number of piperidine rings is 1. The average Bonchev–Trinajstić information content (AvgIpc) is 2.49. The predicted molar refractivity (Wildman–Crippen MR) is 89.8 cm³/mol. The first-order chi connectivity index (χ1) is 11.0. The van der Waals surface area contributed by atoms with Crippen molar-refractivity contribution in [1.29, 1.82) is 0 Å². The van der Waals surface area contributed by atoms with Gasteiger partial charge in [0.05, 0.1) is 5.69 Å². The van der Waals surface area contributed by atoms with Crippen LogP contribution in [-0.4, -0.2) is 35.0 Å². The molecule has 1 aliphatic heterocycles. The van der Waals surface area contributed by atoms with E-state index >= 15 is 0 Å². The van der Waals surface area contributed by atoms with Crippen LogP contribution in [0, 0.1) is 5.92 Å². The molecule has 0 radical (unpaired) electrons. The number of hydrogen-bond donors (Lipinski definition) is 3. The highest BCUT2D eigenvalue weighted by molar-refractivity contribution is 5.73. The minimum Gasteiger partial charge on any atom is -0.370 e. The Morgan fingerprint density at radius 3 is 2.57 bits per heavy atom. The number of carbonyl (C=O) groups is 1. The fourth-order valence-corrected chi connectivity index (χ4v) is 3.54. The van der Waals surface area contributed by atoms with Gasteiger partial charge in [0.2, 0.25) is 11.9 Å². The van der Waals surface area contributed by atoms with E-state index in [1.807, 2.05) is 0 Å². The van der Waals surface area contributed by atoms with Crippen molar-refractivity contribution in [3.8, 4) is 0 Å². The SMILES string of the molecule is NC(=O)CCC1CCN(c2cc(C3CC(N)C3)nc(N)n2)CC1. The number of nitrogen functional groups attached to an aromatic ring is 1. The van der Waals surface area contributed by atoms with Crippen LogP contribution in [0.15, 0.2) is 6.07 Å². The molecule has 3 rings (SSSR count). The van der Waals surface area contributed by atoms with Crippen molar-refractivity contribution in [2.24, 2.45) is 17.4 Å². The number of nitrogens with two attached hydrogens (primary N) is 3. The van der Waals surface area contributed by atoms with Crippen LogP contribution >= 0.6 is 0 Å². The summed E-state index contributed by atoms with van der Waals surface area (Å²) in [6, 6.07) is 2.36. The minimum atomic E-state index is -0.209. The molecule has 2 heterocycles. The van der Waals surface area contributed by atoms with E-state index in [4.69, 9.17) is 17.2 Å². The molecule has 0 spiro atoms. The molecule has 1 aromatic rings. The van der Waals surface area contributed by atoms with Crippen molar-refractivity contribution in [2.45, 2.75) is 50.5 Å². The molecule has 23 heavy (non-hydrogen) atoms. The van der Waals surface area contributed by atoms with Gasteiger partial charge in [0, 0.05) is 37.5 Å². The van der Waals surface area contributed by atoms with E-state index in [1.165, 1.54) is 0 Å². The van der Waals surface area contributed by atoms with E-state index in [-0.39, 0.29) is 5.91 Å². The number of nitrogens with zero attached hydrogens (tertiary/aromatic N) is 3. The van der Waals surface area contributed by atoms with E-state index in [0.717, 1.165) is 56.7 Å². The zero-order valence-corrected chi connectivity index (χ0v) is 13.4. The Hall–Kier alpha value is -1.89. The van der Waals surface area contributed by atoms with Gasteiger partial charge in [-0.3, -0.25) is 4.79 Å². The molecule has 6 N–H and O–H groups in total. The molecule has 7 heteroatoms. The molecular weight excluding hydrogens is 292 g/mol. The molecule has 1 saturated carbocycles. The summed E-state index contributed by atoms with van der Waals surface area (Å²) >= 11 is 0. The number of anilines is 2. The standard InChI is InChI=1S/C16H26N6O/c17-12-7-11(8-12)13-9-15(21-16(19)20-13)22-5-3-10(4-6-22)1-2-14(18)23/h9-12H,1-8,17H2,(H2,18,23)(H2,19,20,21). The first kappa shape index (κ1) is 16.0. The molecule has 1 amide bonds. The van der Waals surface area contributed by atoms with Crippen LogP contribution in [0.4, 0.5) is 11.8 Å². The number of hydrogen-bond acceptors (Lipinski definition) is 6. The quantitative estimate of drug-likeness (QED) is 0.735. The first-order valence-corrected chi connectivity index (χ1v) is 8.44. The highest BCUT2D eigenvalue weighted by Crippen LogP contribution is 2.36. The summed E-state index contributed by atoms with van der Waals surface area (Å²) in [4.78, 5) is 21.9. The van der Waals surface area contributed by atoms with Crippen molar-refractivity contribution >= 4 is 17.7 Å². The Morgan fingerprint density at radius 1 is 1.26 bits per heavy atom. The van der Waals surface area contributed by atoms with Gasteiger partial charge in [0.15, 0.2) is 0 Å².